The van der Waals surface area contributed by atoms with E-state index in [-0.39, 0.29) is 12.1 Å². The zero-order valence-electron chi connectivity index (χ0n) is 14.9. The molecule has 7 nitrogen and oxygen atoms in total. The average molecular weight is 342 g/mol. The lowest BCUT2D eigenvalue weighted by molar-refractivity contribution is 0.237. The predicted octanol–water partition coefficient (Wildman–Crippen LogP) is 2.46. The molecule has 1 aromatic carbocycles. The number of anilines is 1. The van der Waals surface area contributed by atoms with Crippen LogP contribution in [-0.4, -0.2) is 33.9 Å². The van der Waals surface area contributed by atoms with Crippen molar-refractivity contribution in [1.82, 2.24) is 25.4 Å². The minimum Gasteiger partial charge on any atom is -0.372 e. The van der Waals surface area contributed by atoms with Crippen molar-refractivity contribution in [2.45, 2.75) is 45.8 Å². The van der Waals surface area contributed by atoms with E-state index in [9.17, 15) is 4.79 Å². The van der Waals surface area contributed by atoms with Crippen molar-refractivity contribution >= 4 is 11.7 Å². The van der Waals surface area contributed by atoms with E-state index in [0.29, 0.717) is 6.54 Å². The van der Waals surface area contributed by atoms with Crippen LogP contribution in [0, 0.1) is 0 Å². The van der Waals surface area contributed by atoms with E-state index < -0.39 is 0 Å². The molecule has 2 amide bonds. The molecule has 1 aromatic heterocycles. The van der Waals surface area contributed by atoms with Gasteiger partial charge in [-0.3, -0.25) is 0 Å². The van der Waals surface area contributed by atoms with Gasteiger partial charge in [0.15, 0.2) is 5.82 Å². The van der Waals surface area contributed by atoms with Gasteiger partial charge in [-0.15, -0.1) is 10.2 Å². The number of aryl methyl sites for hydroxylation is 1. The monoisotopic (exact) mass is 342 g/mol. The Hall–Kier alpha value is -2.57. The second-order valence-electron chi connectivity index (χ2n) is 6.37. The number of nitrogens with zero attached hydrogens (tertiary/aromatic N) is 4. The highest BCUT2D eigenvalue weighted by Crippen LogP contribution is 2.23. The van der Waals surface area contributed by atoms with Gasteiger partial charge in [0, 0.05) is 25.3 Å². The molecule has 0 aliphatic carbocycles. The molecule has 25 heavy (non-hydrogen) atoms. The van der Waals surface area contributed by atoms with E-state index in [1.807, 2.05) is 18.4 Å². The zero-order valence-corrected chi connectivity index (χ0v) is 14.9. The maximum Gasteiger partial charge on any atom is 0.315 e. The Bertz CT molecular complexity index is 707. The summed E-state index contributed by atoms with van der Waals surface area (Å²) >= 11 is 0. The van der Waals surface area contributed by atoms with Crippen molar-refractivity contribution in [3.63, 3.8) is 0 Å². The topological polar surface area (TPSA) is 75.1 Å². The number of hydrogen-bond donors (Lipinski definition) is 2. The first kappa shape index (κ1) is 17.3. The van der Waals surface area contributed by atoms with Gasteiger partial charge in [-0.1, -0.05) is 12.1 Å². The van der Waals surface area contributed by atoms with E-state index in [1.165, 1.54) is 18.5 Å². The Kier molecular flexibility index (Phi) is 5.53. The van der Waals surface area contributed by atoms with Crippen LogP contribution in [0.4, 0.5) is 10.5 Å². The number of urea groups is 1. The Morgan fingerprint density at radius 1 is 1.32 bits per heavy atom. The first-order valence-electron chi connectivity index (χ1n) is 8.93. The van der Waals surface area contributed by atoms with Gasteiger partial charge < -0.3 is 20.1 Å². The summed E-state index contributed by atoms with van der Waals surface area (Å²) in [6.45, 7) is 7.39. The van der Waals surface area contributed by atoms with Crippen molar-refractivity contribution in [3.05, 3.63) is 42.0 Å². The van der Waals surface area contributed by atoms with Crippen LogP contribution in [0.5, 0.6) is 0 Å². The van der Waals surface area contributed by atoms with Gasteiger partial charge in [0.2, 0.25) is 0 Å². The molecule has 0 spiro atoms. The molecule has 1 atom stereocenters. The summed E-state index contributed by atoms with van der Waals surface area (Å²) in [7, 11) is 0. The smallest absolute Gasteiger partial charge is 0.315 e. The van der Waals surface area contributed by atoms with Gasteiger partial charge in [0.05, 0.1) is 12.6 Å². The van der Waals surface area contributed by atoms with Gasteiger partial charge in [-0.25, -0.2) is 4.79 Å². The summed E-state index contributed by atoms with van der Waals surface area (Å²) in [6.07, 6.45) is 4.17. The molecular formula is C18H26N6O. The van der Waals surface area contributed by atoms with Gasteiger partial charge in [-0.05, 0) is 44.4 Å². The van der Waals surface area contributed by atoms with E-state index in [0.717, 1.165) is 31.0 Å². The van der Waals surface area contributed by atoms with E-state index >= 15 is 0 Å². The summed E-state index contributed by atoms with van der Waals surface area (Å²) < 4.78 is 1.91. The van der Waals surface area contributed by atoms with Crippen LogP contribution >= 0.6 is 0 Å². The highest BCUT2D eigenvalue weighted by atomic mass is 16.2. The molecule has 0 saturated carbocycles. The van der Waals surface area contributed by atoms with E-state index in [1.54, 1.807) is 6.33 Å². The normalized spacial score (nSPS) is 15.2. The molecule has 1 fully saturated rings. The maximum absolute atomic E-state index is 12.2. The minimum atomic E-state index is -0.204. The highest BCUT2D eigenvalue weighted by molar-refractivity contribution is 5.74. The highest BCUT2D eigenvalue weighted by Gasteiger charge is 2.15. The molecule has 7 heteroatoms. The van der Waals surface area contributed by atoms with Crippen molar-refractivity contribution in [3.8, 4) is 0 Å². The number of aromatic nitrogens is 3. The molecular weight excluding hydrogens is 316 g/mol. The summed E-state index contributed by atoms with van der Waals surface area (Å²) in [6, 6.07) is 8.15. The molecule has 1 saturated heterocycles. The van der Waals surface area contributed by atoms with Gasteiger partial charge in [0.1, 0.15) is 6.33 Å². The molecule has 0 radical (unpaired) electrons. The second kappa shape index (κ2) is 8.00. The minimum absolute atomic E-state index is 0.0633. The largest absolute Gasteiger partial charge is 0.372 e. The standard InChI is InChI=1S/C18H26N6O/c1-3-23-13-20-22-17(23)12-19-18(25)21-14(2)15-7-6-8-16(11-15)24-9-4-5-10-24/h6-8,11,13-14H,3-5,9-10,12H2,1-2H3,(H2,19,21,25)/t14-/m0/s1. The lowest BCUT2D eigenvalue weighted by atomic mass is 10.1. The maximum atomic E-state index is 12.2. The fourth-order valence-corrected chi connectivity index (χ4v) is 3.14. The molecule has 2 aromatic rings. The Morgan fingerprint density at radius 3 is 2.88 bits per heavy atom. The van der Waals surface area contributed by atoms with Gasteiger partial charge >= 0.3 is 6.03 Å². The number of carbonyl (C=O) groups excluding carboxylic acids is 1. The van der Waals surface area contributed by atoms with Crippen LogP contribution in [0.15, 0.2) is 30.6 Å². The van der Waals surface area contributed by atoms with E-state index in [2.05, 4.69) is 50.0 Å². The Labute approximate surface area is 148 Å². The first-order valence-corrected chi connectivity index (χ1v) is 8.93. The third kappa shape index (κ3) is 4.29. The van der Waals surface area contributed by atoms with Crippen molar-refractivity contribution < 1.29 is 4.79 Å². The molecule has 2 heterocycles. The Balaban J connectivity index is 1.55. The van der Waals surface area contributed by atoms with Crippen LogP contribution in [0.2, 0.25) is 0 Å². The van der Waals surface area contributed by atoms with Crippen molar-refractivity contribution in [2.24, 2.45) is 0 Å². The fourth-order valence-electron chi connectivity index (χ4n) is 3.14. The fraction of sp³-hybridized carbons (Fsp3) is 0.500. The molecule has 1 aliphatic heterocycles. The molecule has 2 N–H and O–H groups in total. The number of benzene rings is 1. The summed E-state index contributed by atoms with van der Waals surface area (Å²) in [5.74, 6) is 0.751. The zero-order chi connectivity index (χ0) is 17.6. The average Bonchev–Trinajstić information content (AvgIpc) is 3.31. The molecule has 3 rings (SSSR count). The Morgan fingerprint density at radius 2 is 2.12 bits per heavy atom. The number of hydrogen-bond acceptors (Lipinski definition) is 4. The third-order valence-corrected chi connectivity index (χ3v) is 4.63. The molecule has 0 unspecified atom stereocenters. The first-order chi connectivity index (χ1) is 12.2. The molecule has 1 aliphatic rings. The van der Waals surface area contributed by atoms with Gasteiger partial charge in [0.25, 0.3) is 0 Å². The van der Waals surface area contributed by atoms with E-state index in [4.69, 9.17) is 0 Å². The lowest BCUT2D eigenvalue weighted by Crippen LogP contribution is -2.37. The number of carbonyl (C=O) groups is 1. The quantitative estimate of drug-likeness (QED) is 0.846. The molecule has 0 bridgehead atoms. The third-order valence-electron chi connectivity index (χ3n) is 4.63. The van der Waals surface area contributed by atoms with Gasteiger partial charge in [-0.2, -0.15) is 0 Å². The van der Waals surface area contributed by atoms with Crippen LogP contribution in [-0.2, 0) is 13.1 Å². The number of nitrogens with one attached hydrogen (secondary N) is 2. The number of amides is 2. The SMILES string of the molecule is CCn1cnnc1CNC(=O)N[C@@H](C)c1cccc(N2CCCC2)c1. The predicted molar refractivity (Wildman–Crippen MR) is 97.4 cm³/mol. The van der Waals surface area contributed by atoms with Crippen molar-refractivity contribution in [1.29, 1.82) is 0 Å². The summed E-state index contributed by atoms with van der Waals surface area (Å²) in [4.78, 5) is 14.6. The van der Waals surface area contributed by atoms with Crippen LogP contribution in [0.25, 0.3) is 0 Å². The lowest BCUT2D eigenvalue weighted by Gasteiger charge is -2.21. The number of rotatable bonds is 6. The second-order valence-corrected chi connectivity index (χ2v) is 6.37. The summed E-state index contributed by atoms with van der Waals surface area (Å²) in [5.41, 5.74) is 2.34. The van der Waals surface area contributed by atoms with Crippen molar-refractivity contribution in [2.75, 3.05) is 18.0 Å². The van der Waals surface area contributed by atoms with Crippen LogP contribution < -0.4 is 15.5 Å². The van der Waals surface area contributed by atoms with Crippen LogP contribution in [0.1, 0.15) is 44.1 Å². The molecule has 134 valence electrons. The summed E-state index contributed by atoms with van der Waals surface area (Å²) in [5, 5.41) is 13.7. The van der Waals surface area contributed by atoms with Crippen LogP contribution in [0.3, 0.4) is 0 Å².